The van der Waals surface area contributed by atoms with Crippen molar-refractivity contribution in [3.63, 3.8) is 0 Å². The molecule has 0 bridgehead atoms. The number of fused-ring (bicyclic) bond motifs is 1. The Morgan fingerprint density at radius 3 is 2.48 bits per heavy atom. The molecule has 6 heteroatoms. The minimum Gasteiger partial charge on any atom is -0.462 e. The summed E-state index contributed by atoms with van der Waals surface area (Å²) >= 11 is 0. The monoisotopic (exact) mass is 388 g/mol. The molecule has 2 amide bonds. The minimum atomic E-state index is -0.631. The van der Waals surface area contributed by atoms with Crippen molar-refractivity contribution in [1.82, 2.24) is 0 Å². The molecule has 1 fully saturated rings. The summed E-state index contributed by atoms with van der Waals surface area (Å²) in [6.45, 7) is 2.02. The molecule has 0 aliphatic carbocycles. The summed E-state index contributed by atoms with van der Waals surface area (Å²) in [6.07, 6.45) is 0.0747. The number of carbonyl (C=O) groups is 3. The van der Waals surface area contributed by atoms with Crippen LogP contribution in [-0.2, 0) is 14.3 Å². The van der Waals surface area contributed by atoms with Crippen molar-refractivity contribution in [3.05, 3.63) is 72.3 Å². The van der Waals surface area contributed by atoms with Crippen LogP contribution in [0.4, 0.5) is 11.4 Å². The normalized spacial score (nSPS) is 16.3. The van der Waals surface area contributed by atoms with Crippen LogP contribution in [0.5, 0.6) is 0 Å². The molecule has 29 heavy (non-hydrogen) atoms. The SMILES string of the molecule is CCOC(=O)c1ccc(N2C(=O)C[C@H](Nc3ccc4ccccc4c3)C2=O)cc1. The van der Waals surface area contributed by atoms with Crippen molar-refractivity contribution in [1.29, 1.82) is 0 Å². The van der Waals surface area contributed by atoms with Crippen molar-refractivity contribution in [2.24, 2.45) is 0 Å². The van der Waals surface area contributed by atoms with Gasteiger partial charge in [0.05, 0.1) is 24.3 Å². The summed E-state index contributed by atoms with van der Waals surface area (Å²) in [6, 6.07) is 19.4. The van der Waals surface area contributed by atoms with E-state index in [1.807, 2.05) is 42.5 Å². The molecule has 146 valence electrons. The standard InChI is InChI=1S/C23H20N2O4/c1-2-29-23(28)16-8-11-19(12-9-16)25-21(26)14-20(22(25)27)24-18-10-7-15-5-3-4-6-17(15)13-18/h3-13,20,24H,2,14H2,1H3/t20-/m0/s1. The number of ether oxygens (including phenoxy) is 1. The zero-order valence-corrected chi connectivity index (χ0v) is 15.9. The van der Waals surface area contributed by atoms with Gasteiger partial charge in [-0.1, -0.05) is 30.3 Å². The Bertz CT molecular complexity index is 1090. The number of nitrogens with one attached hydrogen (secondary N) is 1. The fraction of sp³-hybridized carbons (Fsp3) is 0.174. The van der Waals surface area contributed by atoms with E-state index in [1.165, 1.54) is 0 Å². The van der Waals surface area contributed by atoms with Crippen LogP contribution >= 0.6 is 0 Å². The molecule has 1 aliphatic heterocycles. The van der Waals surface area contributed by atoms with E-state index in [1.54, 1.807) is 31.2 Å². The number of anilines is 2. The third-order valence-corrected chi connectivity index (χ3v) is 4.87. The number of nitrogens with zero attached hydrogens (tertiary/aromatic N) is 1. The average molecular weight is 388 g/mol. The van der Waals surface area contributed by atoms with E-state index in [0.717, 1.165) is 21.4 Å². The lowest BCUT2D eigenvalue weighted by molar-refractivity contribution is -0.121. The van der Waals surface area contributed by atoms with Crippen LogP contribution in [0.15, 0.2) is 66.7 Å². The lowest BCUT2D eigenvalue weighted by Crippen LogP contribution is -2.34. The highest BCUT2D eigenvalue weighted by Gasteiger charge is 2.39. The largest absolute Gasteiger partial charge is 0.462 e. The second-order valence-corrected chi connectivity index (χ2v) is 6.80. The van der Waals surface area contributed by atoms with E-state index in [-0.39, 0.29) is 24.8 Å². The third kappa shape index (κ3) is 3.69. The first-order valence-electron chi connectivity index (χ1n) is 9.46. The highest BCUT2D eigenvalue weighted by atomic mass is 16.5. The number of imide groups is 1. The molecule has 1 atom stereocenters. The highest BCUT2D eigenvalue weighted by molar-refractivity contribution is 6.23. The first-order valence-corrected chi connectivity index (χ1v) is 9.46. The van der Waals surface area contributed by atoms with Gasteiger partial charge in [0.25, 0.3) is 5.91 Å². The highest BCUT2D eigenvalue weighted by Crippen LogP contribution is 2.26. The van der Waals surface area contributed by atoms with E-state index in [0.29, 0.717) is 11.3 Å². The molecule has 1 N–H and O–H groups in total. The second kappa shape index (κ2) is 7.75. The van der Waals surface area contributed by atoms with Crippen molar-refractivity contribution in [2.75, 3.05) is 16.8 Å². The zero-order chi connectivity index (χ0) is 20.4. The van der Waals surface area contributed by atoms with Gasteiger partial charge in [0.2, 0.25) is 5.91 Å². The summed E-state index contributed by atoms with van der Waals surface area (Å²) in [5, 5.41) is 5.34. The average Bonchev–Trinajstić information content (AvgIpc) is 3.01. The number of hydrogen-bond acceptors (Lipinski definition) is 5. The van der Waals surface area contributed by atoms with Crippen molar-refractivity contribution < 1.29 is 19.1 Å². The van der Waals surface area contributed by atoms with Gasteiger partial charge in [0, 0.05) is 5.69 Å². The van der Waals surface area contributed by atoms with Gasteiger partial charge in [-0.05, 0) is 54.1 Å². The number of amides is 2. The molecule has 3 aromatic carbocycles. The Morgan fingerprint density at radius 1 is 1.03 bits per heavy atom. The van der Waals surface area contributed by atoms with E-state index in [9.17, 15) is 14.4 Å². The van der Waals surface area contributed by atoms with Crippen LogP contribution < -0.4 is 10.2 Å². The molecule has 1 saturated heterocycles. The van der Waals surface area contributed by atoms with E-state index < -0.39 is 12.0 Å². The summed E-state index contributed by atoms with van der Waals surface area (Å²) in [4.78, 5) is 38.3. The molecule has 1 aliphatic rings. The first-order chi connectivity index (χ1) is 14.1. The summed E-state index contributed by atoms with van der Waals surface area (Å²) in [7, 11) is 0. The van der Waals surface area contributed by atoms with E-state index >= 15 is 0 Å². The van der Waals surface area contributed by atoms with E-state index in [2.05, 4.69) is 5.32 Å². The smallest absolute Gasteiger partial charge is 0.338 e. The quantitative estimate of drug-likeness (QED) is 0.532. The molecule has 0 spiro atoms. The molecule has 1 heterocycles. The van der Waals surface area contributed by atoms with Gasteiger partial charge >= 0.3 is 5.97 Å². The Morgan fingerprint density at radius 2 is 1.76 bits per heavy atom. The lowest BCUT2D eigenvalue weighted by Gasteiger charge is -2.16. The fourth-order valence-corrected chi connectivity index (χ4v) is 3.46. The molecule has 3 aromatic rings. The first kappa shape index (κ1) is 18.7. The summed E-state index contributed by atoms with van der Waals surface area (Å²) < 4.78 is 4.95. The number of benzene rings is 3. The lowest BCUT2D eigenvalue weighted by atomic mass is 10.1. The number of hydrogen-bond donors (Lipinski definition) is 1. The van der Waals surface area contributed by atoms with Gasteiger partial charge in [-0.15, -0.1) is 0 Å². The van der Waals surface area contributed by atoms with Gasteiger partial charge in [-0.25, -0.2) is 9.69 Å². The molecule has 4 rings (SSSR count). The summed E-state index contributed by atoms with van der Waals surface area (Å²) in [5.74, 6) is -1.03. The number of carbonyl (C=O) groups excluding carboxylic acids is 3. The van der Waals surface area contributed by atoms with Crippen LogP contribution in [0.2, 0.25) is 0 Å². The fourth-order valence-electron chi connectivity index (χ4n) is 3.46. The topological polar surface area (TPSA) is 75.7 Å². The van der Waals surface area contributed by atoms with Gasteiger partial charge in [-0.3, -0.25) is 9.59 Å². The molecular weight excluding hydrogens is 368 g/mol. The summed E-state index contributed by atoms with van der Waals surface area (Å²) in [5.41, 5.74) is 1.60. The predicted octanol–water partition coefficient (Wildman–Crippen LogP) is 3.76. The van der Waals surface area contributed by atoms with Crippen molar-refractivity contribution in [3.8, 4) is 0 Å². The van der Waals surface area contributed by atoms with Gasteiger partial charge in [-0.2, -0.15) is 0 Å². The molecule has 0 radical (unpaired) electrons. The maximum atomic E-state index is 12.9. The van der Waals surface area contributed by atoms with Crippen LogP contribution in [-0.4, -0.2) is 30.4 Å². The Kier molecular flexibility index (Phi) is 4.99. The Balaban J connectivity index is 1.51. The second-order valence-electron chi connectivity index (χ2n) is 6.80. The van der Waals surface area contributed by atoms with Crippen LogP contribution in [0.3, 0.4) is 0 Å². The van der Waals surface area contributed by atoms with Crippen molar-refractivity contribution >= 4 is 39.9 Å². The molecule has 0 aromatic heterocycles. The third-order valence-electron chi connectivity index (χ3n) is 4.87. The number of esters is 1. The van der Waals surface area contributed by atoms with Crippen LogP contribution in [0, 0.1) is 0 Å². The predicted molar refractivity (Wildman–Crippen MR) is 111 cm³/mol. The van der Waals surface area contributed by atoms with Crippen LogP contribution in [0.25, 0.3) is 10.8 Å². The maximum absolute atomic E-state index is 12.9. The van der Waals surface area contributed by atoms with E-state index in [4.69, 9.17) is 4.74 Å². The van der Waals surface area contributed by atoms with Crippen LogP contribution in [0.1, 0.15) is 23.7 Å². The van der Waals surface area contributed by atoms with Gasteiger partial charge in [0.1, 0.15) is 6.04 Å². The zero-order valence-electron chi connectivity index (χ0n) is 15.9. The molecule has 6 nitrogen and oxygen atoms in total. The van der Waals surface area contributed by atoms with Crippen molar-refractivity contribution in [2.45, 2.75) is 19.4 Å². The molecular formula is C23H20N2O4. The Labute approximate surface area is 168 Å². The van der Waals surface area contributed by atoms with Gasteiger partial charge < -0.3 is 10.1 Å². The Hall–Kier alpha value is -3.67. The maximum Gasteiger partial charge on any atom is 0.338 e. The number of rotatable bonds is 5. The molecule has 0 saturated carbocycles. The minimum absolute atomic E-state index is 0.0747. The molecule has 0 unspecified atom stereocenters. The van der Waals surface area contributed by atoms with Gasteiger partial charge in [0.15, 0.2) is 0 Å².